The smallest absolute Gasteiger partial charge is 0.318 e. The molecule has 35 heavy (non-hydrogen) atoms. The molecule has 1 N–H and O–H groups in total. The summed E-state index contributed by atoms with van der Waals surface area (Å²) >= 11 is 0. The highest BCUT2D eigenvalue weighted by Crippen LogP contribution is 2.33. The fourth-order valence-electron chi connectivity index (χ4n) is 4.24. The molecule has 2 aliphatic heterocycles. The number of hydrogen-bond donors (Lipinski definition) is 1. The number of nitrogens with one attached hydrogen (secondary N) is 1. The van der Waals surface area contributed by atoms with Gasteiger partial charge in [-0.3, -0.25) is 4.98 Å². The lowest BCUT2D eigenvalue weighted by molar-refractivity contribution is 0.185. The first-order valence-electron chi connectivity index (χ1n) is 12.5. The predicted molar refractivity (Wildman–Crippen MR) is 142 cm³/mol. The summed E-state index contributed by atoms with van der Waals surface area (Å²) in [5, 5.41) is 3.03. The third-order valence-electron chi connectivity index (χ3n) is 6.51. The Morgan fingerprint density at radius 2 is 1.74 bits per heavy atom. The van der Waals surface area contributed by atoms with E-state index >= 15 is 0 Å². The van der Waals surface area contributed by atoms with Crippen LogP contribution < -0.4 is 10.1 Å². The Labute approximate surface area is 208 Å². The minimum Gasteiger partial charge on any atom is -0.488 e. The molecule has 2 aromatic carbocycles. The van der Waals surface area contributed by atoms with E-state index in [1.807, 2.05) is 25.3 Å². The van der Waals surface area contributed by atoms with Gasteiger partial charge in [-0.25, -0.2) is 4.79 Å². The van der Waals surface area contributed by atoms with E-state index in [1.165, 1.54) is 35.1 Å². The fourth-order valence-corrected chi connectivity index (χ4v) is 4.24. The molecule has 0 saturated carbocycles. The van der Waals surface area contributed by atoms with Crippen LogP contribution in [0.1, 0.15) is 55.9 Å². The van der Waals surface area contributed by atoms with Crippen molar-refractivity contribution in [3.8, 4) is 16.9 Å². The van der Waals surface area contributed by atoms with Gasteiger partial charge in [0.05, 0.1) is 6.54 Å². The van der Waals surface area contributed by atoms with Crippen molar-refractivity contribution in [3.63, 3.8) is 0 Å². The molecular formula is C30H35N3O2. The second-order valence-electron chi connectivity index (χ2n) is 9.31. The highest BCUT2D eigenvalue weighted by Gasteiger charge is 2.27. The Hall–Kier alpha value is -3.60. The van der Waals surface area contributed by atoms with E-state index in [0.29, 0.717) is 19.6 Å². The zero-order valence-corrected chi connectivity index (χ0v) is 21.0. The number of benzene rings is 2. The predicted octanol–water partition coefficient (Wildman–Crippen LogP) is 6.62. The molecule has 2 amide bonds. The summed E-state index contributed by atoms with van der Waals surface area (Å²) in [5.74, 6) is 0.904. The molecule has 0 saturated heterocycles. The normalized spacial score (nSPS) is 15.4. The average Bonchev–Trinajstić information content (AvgIpc) is 3.51. The van der Waals surface area contributed by atoms with Gasteiger partial charge in [-0.05, 0) is 58.5 Å². The van der Waals surface area contributed by atoms with Gasteiger partial charge in [-0.2, -0.15) is 0 Å². The molecule has 1 atom stereocenters. The number of aromatic nitrogens is 1. The van der Waals surface area contributed by atoms with E-state index in [9.17, 15) is 4.79 Å². The summed E-state index contributed by atoms with van der Waals surface area (Å²) in [6, 6.07) is 16.7. The minimum atomic E-state index is -0.0611. The highest BCUT2D eigenvalue weighted by molar-refractivity contribution is 5.75. The van der Waals surface area contributed by atoms with Crippen molar-refractivity contribution < 1.29 is 9.53 Å². The number of ether oxygens (including phenoxy) is 1. The zero-order valence-electron chi connectivity index (χ0n) is 21.0. The van der Waals surface area contributed by atoms with Gasteiger partial charge in [-0.1, -0.05) is 69.2 Å². The molecular weight excluding hydrogens is 434 g/mol. The van der Waals surface area contributed by atoms with Crippen molar-refractivity contribution in [2.75, 3.05) is 6.54 Å². The van der Waals surface area contributed by atoms with Crippen LogP contribution in [0.2, 0.25) is 0 Å². The number of hydrogen-bond acceptors (Lipinski definition) is 3. The first kappa shape index (κ1) is 24.5. The molecule has 3 aromatic rings. The lowest BCUT2D eigenvalue weighted by atomic mass is 9.99. The van der Waals surface area contributed by atoms with E-state index < -0.39 is 0 Å². The van der Waals surface area contributed by atoms with Crippen LogP contribution >= 0.6 is 0 Å². The number of unbranched alkanes of at least 4 members (excludes halogenated alkanes) is 1. The Morgan fingerprint density at radius 1 is 1.03 bits per heavy atom. The van der Waals surface area contributed by atoms with Gasteiger partial charge in [0.2, 0.25) is 0 Å². The number of pyridine rings is 1. The van der Waals surface area contributed by atoms with Crippen LogP contribution in [0.25, 0.3) is 16.7 Å². The summed E-state index contributed by atoms with van der Waals surface area (Å²) in [6.45, 7) is 12.1. The highest BCUT2D eigenvalue weighted by atomic mass is 16.5. The van der Waals surface area contributed by atoms with Crippen molar-refractivity contribution in [2.24, 2.45) is 0 Å². The molecule has 0 bridgehead atoms. The number of rotatable bonds is 5. The number of carbonyl (C=O) groups is 1. The van der Waals surface area contributed by atoms with Gasteiger partial charge in [-0.15, -0.1) is 0 Å². The second-order valence-corrected chi connectivity index (χ2v) is 9.31. The number of allylic oxidation sites excluding steroid dienone is 1. The van der Waals surface area contributed by atoms with Crippen molar-refractivity contribution in [3.05, 3.63) is 89.8 Å². The summed E-state index contributed by atoms with van der Waals surface area (Å²) < 4.78 is 6.07. The van der Waals surface area contributed by atoms with Crippen LogP contribution in [0, 0.1) is 0 Å². The fraction of sp³-hybridized carbons (Fsp3) is 0.333. The molecule has 182 valence electrons. The average molecular weight is 470 g/mol. The van der Waals surface area contributed by atoms with E-state index in [-0.39, 0.29) is 12.1 Å². The molecule has 0 spiro atoms. The Kier molecular flexibility index (Phi) is 7.86. The van der Waals surface area contributed by atoms with Gasteiger partial charge >= 0.3 is 6.03 Å². The molecule has 0 aliphatic carbocycles. The number of urea groups is 1. The Balaban J connectivity index is 0.000000672. The van der Waals surface area contributed by atoms with Gasteiger partial charge < -0.3 is 15.0 Å². The molecule has 0 fully saturated rings. The van der Waals surface area contributed by atoms with Crippen molar-refractivity contribution >= 4 is 11.6 Å². The summed E-state index contributed by atoms with van der Waals surface area (Å²) in [5.41, 5.74) is 8.02. The third-order valence-corrected chi connectivity index (χ3v) is 6.51. The first-order valence-corrected chi connectivity index (χ1v) is 12.5. The zero-order chi connectivity index (χ0) is 24.8. The molecule has 5 heteroatoms. The molecule has 5 nitrogen and oxygen atoms in total. The minimum absolute atomic E-state index is 0.0494. The Bertz CT molecular complexity index is 1160. The van der Waals surface area contributed by atoms with Crippen molar-refractivity contribution in [1.82, 2.24) is 15.2 Å². The maximum Gasteiger partial charge on any atom is 0.318 e. The summed E-state index contributed by atoms with van der Waals surface area (Å²) in [6.07, 6.45) is 6.99. The van der Waals surface area contributed by atoms with Crippen LogP contribution in [0.3, 0.4) is 0 Å². The van der Waals surface area contributed by atoms with Crippen LogP contribution in [0.5, 0.6) is 5.75 Å². The van der Waals surface area contributed by atoms with Crippen LogP contribution in [0.4, 0.5) is 4.79 Å². The molecule has 1 aromatic heterocycles. The van der Waals surface area contributed by atoms with Gasteiger partial charge in [0, 0.05) is 31.9 Å². The van der Waals surface area contributed by atoms with E-state index in [4.69, 9.17) is 4.74 Å². The SMILES string of the molecule is C=C(C)c1ccc(-c2ccc3c(c2)CC(CNC(=O)N2Cc4ccncc4C2)O3)cc1.CCCC. The van der Waals surface area contributed by atoms with E-state index in [0.717, 1.165) is 28.9 Å². The van der Waals surface area contributed by atoms with Crippen molar-refractivity contribution in [1.29, 1.82) is 0 Å². The molecule has 5 rings (SSSR count). The van der Waals surface area contributed by atoms with Gasteiger partial charge in [0.15, 0.2) is 0 Å². The van der Waals surface area contributed by atoms with Gasteiger partial charge in [0.1, 0.15) is 11.9 Å². The van der Waals surface area contributed by atoms with E-state index in [2.05, 4.69) is 67.1 Å². The maximum absolute atomic E-state index is 12.6. The van der Waals surface area contributed by atoms with Crippen LogP contribution in [-0.2, 0) is 19.5 Å². The van der Waals surface area contributed by atoms with Crippen LogP contribution in [0.15, 0.2) is 67.5 Å². The maximum atomic E-state index is 12.6. The second kappa shape index (κ2) is 11.2. The van der Waals surface area contributed by atoms with Crippen molar-refractivity contribution in [2.45, 2.75) is 59.2 Å². The molecule has 3 heterocycles. The molecule has 1 unspecified atom stereocenters. The summed E-state index contributed by atoms with van der Waals surface area (Å²) in [7, 11) is 0. The number of carbonyl (C=O) groups excluding carboxylic acids is 1. The van der Waals surface area contributed by atoms with E-state index in [1.54, 1.807) is 11.1 Å². The number of fused-ring (bicyclic) bond motifs is 2. The lowest BCUT2D eigenvalue weighted by Gasteiger charge is -2.18. The topological polar surface area (TPSA) is 54.5 Å². The molecule has 2 aliphatic rings. The monoisotopic (exact) mass is 469 g/mol. The number of amides is 2. The van der Waals surface area contributed by atoms with Crippen LogP contribution in [-0.4, -0.2) is 28.6 Å². The summed E-state index contributed by atoms with van der Waals surface area (Å²) in [4.78, 5) is 18.5. The third kappa shape index (κ3) is 5.91. The Morgan fingerprint density at radius 3 is 2.43 bits per heavy atom. The van der Waals surface area contributed by atoms with Gasteiger partial charge in [0.25, 0.3) is 0 Å². The quantitative estimate of drug-likeness (QED) is 0.457. The standard InChI is InChI=1S/C26H25N3O2.C4H10/c1-17(2)18-3-5-19(6-4-18)20-7-8-25-22(11-20)12-24(31-25)14-28-26(30)29-15-21-9-10-27-13-23(21)16-29;1-3-4-2/h3-11,13,24H,1,12,14-16H2,2H3,(H,28,30);3-4H2,1-2H3. The molecule has 0 radical (unpaired) electrons. The lowest BCUT2D eigenvalue weighted by Crippen LogP contribution is -2.41. The largest absolute Gasteiger partial charge is 0.488 e. The number of nitrogens with zero attached hydrogens (tertiary/aromatic N) is 2. The first-order chi connectivity index (χ1) is 17.0.